The Bertz CT molecular complexity index is 1190. The van der Waals surface area contributed by atoms with Gasteiger partial charge in [-0.1, -0.05) is 55.5 Å². The minimum atomic E-state index is -0.739. The average molecular weight is 507 g/mol. The van der Waals surface area contributed by atoms with E-state index in [1.54, 1.807) is 9.58 Å². The van der Waals surface area contributed by atoms with Crippen LogP contribution in [-0.2, 0) is 20.9 Å². The number of ether oxygens (including phenoxy) is 1. The van der Waals surface area contributed by atoms with Gasteiger partial charge in [0.05, 0.1) is 18.7 Å². The summed E-state index contributed by atoms with van der Waals surface area (Å²) in [5.74, 6) is 0.141. The number of rotatable bonds is 11. The molecule has 1 N–H and O–H groups in total. The molecule has 4 rings (SSSR count). The van der Waals surface area contributed by atoms with Crippen LogP contribution < -0.4 is 5.32 Å². The molecular weight excluding hydrogens is 468 g/mol. The highest BCUT2D eigenvalue weighted by atomic mass is 16.5. The fraction of sp³-hybridized carbons (Fsp3) is 0.500. The molecule has 3 aromatic rings. The Hall–Kier alpha value is -3.30. The maximum Gasteiger partial charge on any atom is 0.247 e. The van der Waals surface area contributed by atoms with Crippen LogP contribution >= 0.6 is 0 Å². The molecule has 0 spiro atoms. The normalized spacial score (nSPS) is 15.1. The second-order valence-electron chi connectivity index (χ2n) is 10.0. The van der Waals surface area contributed by atoms with E-state index in [0.29, 0.717) is 38.8 Å². The zero-order chi connectivity index (χ0) is 26.2. The number of aromatic nitrogens is 3. The topological polar surface area (TPSA) is 92.6 Å². The number of aryl methyl sites for hydroxylation is 1. The molecule has 0 radical (unpaired) electrons. The molecule has 198 valence electrons. The van der Waals surface area contributed by atoms with Crippen molar-refractivity contribution in [2.24, 2.45) is 5.92 Å². The molecule has 0 unspecified atom stereocenters. The number of morpholine rings is 1. The zero-order valence-electron chi connectivity index (χ0n) is 22.1. The maximum atomic E-state index is 14.0. The van der Waals surface area contributed by atoms with Crippen molar-refractivity contribution < 1.29 is 14.3 Å². The Kier molecular flexibility index (Phi) is 9.24. The first kappa shape index (κ1) is 26.8. The van der Waals surface area contributed by atoms with Gasteiger partial charge >= 0.3 is 0 Å². The second-order valence-corrected chi connectivity index (χ2v) is 10.0. The fourth-order valence-corrected chi connectivity index (χ4v) is 4.65. The Morgan fingerprint density at radius 3 is 2.57 bits per heavy atom. The summed E-state index contributed by atoms with van der Waals surface area (Å²) in [5, 5.41) is 11.5. The summed E-state index contributed by atoms with van der Waals surface area (Å²) in [7, 11) is 0. The van der Waals surface area contributed by atoms with Crippen LogP contribution in [0.4, 0.5) is 0 Å². The molecule has 37 heavy (non-hydrogen) atoms. The molecule has 0 bridgehead atoms. The third-order valence-corrected chi connectivity index (χ3v) is 6.85. The summed E-state index contributed by atoms with van der Waals surface area (Å²) in [5.41, 5.74) is 3.33. The zero-order valence-corrected chi connectivity index (χ0v) is 22.1. The van der Waals surface area contributed by atoms with Crippen LogP contribution in [0.2, 0.25) is 0 Å². The summed E-state index contributed by atoms with van der Waals surface area (Å²) >= 11 is 0. The lowest BCUT2D eigenvalue weighted by atomic mass is 9.98. The quantitative estimate of drug-likeness (QED) is 0.430. The fourth-order valence-electron chi connectivity index (χ4n) is 4.65. The SMILES string of the molecule is Cc1ccccc1[C@@H](C(=O)NCCC(C)C)N(CCN1CCOCC1)C(=O)Cn1nnc2ccccc21. The number of carbonyl (C=O) groups is 2. The predicted molar refractivity (Wildman–Crippen MR) is 143 cm³/mol. The number of amides is 2. The van der Waals surface area contributed by atoms with Gasteiger partial charge in [0.25, 0.3) is 0 Å². The van der Waals surface area contributed by atoms with E-state index in [-0.39, 0.29) is 18.4 Å². The van der Waals surface area contributed by atoms with Crippen LogP contribution in [-0.4, -0.2) is 82.5 Å². The monoisotopic (exact) mass is 506 g/mol. The van der Waals surface area contributed by atoms with Crippen molar-refractivity contribution in [3.63, 3.8) is 0 Å². The van der Waals surface area contributed by atoms with Gasteiger partial charge in [0.1, 0.15) is 18.1 Å². The third-order valence-electron chi connectivity index (χ3n) is 6.85. The molecule has 9 heteroatoms. The number of hydrogen-bond acceptors (Lipinski definition) is 6. The molecule has 2 aromatic carbocycles. The Morgan fingerprint density at radius 2 is 1.81 bits per heavy atom. The lowest BCUT2D eigenvalue weighted by Crippen LogP contribution is -2.49. The second kappa shape index (κ2) is 12.8. The number of nitrogens with one attached hydrogen (secondary N) is 1. The van der Waals surface area contributed by atoms with Gasteiger partial charge in [0, 0.05) is 32.7 Å². The van der Waals surface area contributed by atoms with Crippen LogP contribution in [0.1, 0.15) is 37.4 Å². The number of hydrogen-bond donors (Lipinski definition) is 1. The molecule has 1 saturated heterocycles. The summed E-state index contributed by atoms with van der Waals surface area (Å²) in [6, 6.07) is 14.6. The van der Waals surface area contributed by atoms with Crippen LogP contribution in [0.5, 0.6) is 0 Å². The van der Waals surface area contributed by atoms with Crippen molar-refractivity contribution in [1.29, 1.82) is 0 Å². The lowest BCUT2D eigenvalue weighted by molar-refractivity contribution is -0.142. The van der Waals surface area contributed by atoms with Crippen molar-refractivity contribution in [2.75, 3.05) is 45.9 Å². The van der Waals surface area contributed by atoms with Crippen LogP contribution in [0.15, 0.2) is 48.5 Å². The van der Waals surface area contributed by atoms with Crippen molar-refractivity contribution in [2.45, 2.75) is 39.8 Å². The molecule has 1 atom stereocenters. The summed E-state index contributed by atoms with van der Waals surface area (Å²) in [6.07, 6.45) is 0.874. The van der Waals surface area contributed by atoms with Crippen molar-refractivity contribution >= 4 is 22.8 Å². The van der Waals surface area contributed by atoms with Gasteiger partial charge in [-0.2, -0.15) is 0 Å². The van der Waals surface area contributed by atoms with E-state index in [2.05, 4.69) is 34.4 Å². The predicted octanol–water partition coefficient (Wildman–Crippen LogP) is 2.80. The molecule has 1 fully saturated rings. The number of carbonyl (C=O) groups excluding carboxylic acids is 2. The average Bonchev–Trinajstić information content (AvgIpc) is 3.30. The van der Waals surface area contributed by atoms with Gasteiger partial charge in [0.15, 0.2) is 0 Å². The van der Waals surface area contributed by atoms with Crippen molar-refractivity contribution in [1.82, 2.24) is 30.1 Å². The van der Waals surface area contributed by atoms with Gasteiger partial charge in [-0.05, 0) is 42.5 Å². The number of benzene rings is 2. The first-order valence-electron chi connectivity index (χ1n) is 13.1. The highest BCUT2D eigenvalue weighted by Gasteiger charge is 2.33. The Balaban J connectivity index is 1.64. The largest absolute Gasteiger partial charge is 0.379 e. The third kappa shape index (κ3) is 6.93. The maximum absolute atomic E-state index is 14.0. The molecule has 9 nitrogen and oxygen atoms in total. The first-order valence-corrected chi connectivity index (χ1v) is 13.1. The molecule has 2 amide bonds. The highest BCUT2D eigenvalue weighted by molar-refractivity contribution is 5.89. The number of nitrogens with zero attached hydrogens (tertiary/aromatic N) is 5. The van der Waals surface area contributed by atoms with E-state index in [4.69, 9.17) is 4.74 Å². The standard InChI is InChI=1S/C28H38N6O3/c1-21(2)12-13-29-28(36)27(23-9-5-4-8-22(23)3)33(15-14-32-16-18-37-19-17-32)26(35)20-34-25-11-7-6-10-24(25)30-31-34/h4-11,21,27H,12-20H2,1-3H3,(H,29,36)/t27-/m0/s1. The lowest BCUT2D eigenvalue weighted by Gasteiger charge is -2.35. The molecule has 0 aliphatic carbocycles. The van der Waals surface area contributed by atoms with Crippen molar-refractivity contribution in [3.05, 3.63) is 59.7 Å². The van der Waals surface area contributed by atoms with Gasteiger partial charge in [-0.15, -0.1) is 5.10 Å². The van der Waals surface area contributed by atoms with Crippen LogP contribution in [0.25, 0.3) is 11.0 Å². The smallest absolute Gasteiger partial charge is 0.247 e. The minimum Gasteiger partial charge on any atom is -0.379 e. The van der Waals surface area contributed by atoms with Crippen LogP contribution in [0, 0.1) is 12.8 Å². The Morgan fingerprint density at radius 1 is 1.08 bits per heavy atom. The van der Waals surface area contributed by atoms with Crippen LogP contribution in [0.3, 0.4) is 0 Å². The molecule has 1 aliphatic rings. The summed E-state index contributed by atoms with van der Waals surface area (Å²) in [4.78, 5) is 31.7. The summed E-state index contributed by atoms with van der Waals surface area (Å²) < 4.78 is 7.11. The van der Waals surface area contributed by atoms with Gasteiger partial charge in [0.2, 0.25) is 11.8 Å². The van der Waals surface area contributed by atoms with Gasteiger partial charge < -0.3 is 15.0 Å². The highest BCUT2D eigenvalue weighted by Crippen LogP contribution is 2.25. The van der Waals surface area contributed by atoms with Gasteiger partial charge in [-0.25, -0.2) is 4.68 Å². The number of para-hydroxylation sites is 1. The molecular formula is C28H38N6O3. The minimum absolute atomic E-state index is 0.00524. The van der Waals surface area contributed by atoms with E-state index < -0.39 is 6.04 Å². The number of fused-ring (bicyclic) bond motifs is 1. The molecule has 1 aliphatic heterocycles. The van der Waals surface area contributed by atoms with E-state index in [1.807, 2.05) is 55.5 Å². The first-order chi connectivity index (χ1) is 17.9. The summed E-state index contributed by atoms with van der Waals surface area (Å²) in [6.45, 7) is 10.9. The van der Waals surface area contributed by atoms with E-state index in [0.717, 1.165) is 41.7 Å². The van der Waals surface area contributed by atoms with Gasteiger partial charge in [-0.3, -0.25) is 14.5 Å². The van der Waals surface area contributed by atoms with Crippen molar-refractivity contribution in [3.8, 4) is 0 Å². The van der Waals surface area contributed by atoms with E-state index in [1.165, 1.54) is 0 Å². The molecule has 2 heterocycles. The molecule has 0 saturated carbocycles. The van der Waals surface area contributed by atoms with E-state index >= 15 is 0 Å². The molecule has 1 aromatic heterocycles. The Labute approximate surface area is 218 Å². The van der Waals surface area contributed by atoms with E-state index in [9.17, 15) is 9.59 Å².